The number of hydrogen-bond acceptors (Lipinski definition) is 2. The first-order chi connectivity index (χ1) is 69.0. The quantitative estimate of drug-likeness (QED) is 0.117. The van der Waals surface area contributed by atoms with Crippen molar-refractivity contribution in [3.63, 3.8) is 0 Å². The number of benzene rings is 17. The van der Waals surface area contributed by atoms with Gasteiger partial charge in [0, 0.05) is 21.5 Å². The smallest absolute Gasteiger partial charge is 0.136 e. The standard InChI is InChI=1S/C47H30O.C45H30O/c1-29-19-22-41-43(25-29)47(40-18-10-9-17-39(40)46(41)30-11-3-2-4-12-30)33-21-24-38-37-23-20-32(27-44(37)48-45(38)28-33)42-26-31-13-5-6-14-34(31)35-15-7-8-16-36(35)42;1-29-19-22-40-41(25-29)45(39-18-9-8-17-38(39)44(40)31-13-6-3-7-14-31)35-21-24-37-36-23-20-34(27-42(36)46-43(37)28-35)33-16-10-15-32(26-33)30-11-4-2-5-12-30/h2-28H,1H3;2-28H,1H3/i2*2D,3D,4D,5D,6D,7D,8D,9D,10D,11D,12D,13D,14D,15D,16D,17D,18D,19D,20D,21D,22D,23D,24D,25D,26D,27D,28D. The number of fused-ring (bicyclic) bond motifs is 13. The maximum Gasteiger partial charge on any atom is 0.136 e. The molecule has 94 heavy (non-hydrogen) atoms. The molecule has 2 heteroatoms. The highest BCUT2D eigenvalue weighted by Crippen LogP contribution is 2.48. The third kappa shape index (κ3) is 9.25. The molecule has 2 heterocycles. The van der Waals surface area contributed by atoms with Crippen LogP contribution in [0, 0.1) is 13.8 Å². The Kier molecular flexibility index (Phi) is 5.46. The van der Waals surface area contributed by atoms with E-state index in [1.54, 1.807) is 0 Å². The second kappa shape index (κ2) is 22.4. The van der Waals surface area contributed by atoms with E-state index in [0.29, 0.717) is 0 Å². The molecular formula is C92H60O2. The van der Waals surface area contributed by atoms with Crippen LogP contribution in [-0.2, 0) is 0 Å². The van der Waals surface area contributed by atoms with E-state index >= 15 is 0 Å². The molecule has 0 saturated heterocycles. The summed E-state index contributed by atoms with van der Waals surface area (Å²) in [5, 5.41) is -8.70. The zero-order valence-electron chi connectivity index (χ0n) is 102. The van der Waals surface area contributed by atoms with Gasteiger partial charge in [-0.3, -0.25) is 0 Å². The SMILES string of the molecule is [2H]c1c([2H])c([2H])c(-c2c([2H])c([2H])c([2H])c(-c3c([2H])c([2H])c4c(oc5c([2H])c(-c6c7c([2H])c([2H])c([2H])c([2H])c7c(-c7c([2H])c([2H])c([2H])c([2H])c7[2H])c7c([2H])c([2H])c(C)c([2H])c67)c([2H])c([2H])c54)c3[2H])c2[2H])c([2H])c1[2H].[2H]c1c([2H])c([2H])c(-c2c3c([2H])c([2H])c([2H])c([2H])c3c(-c3c([2H])c([2H])c4c(oc5c([2H])c(-c6c([2H])c7c([2H])c([2H])c([2H])c([2H])c7c7c([2H])c([2H])c([2H])c([2H])c67)c([2H])c([2H])c54)c3[2H])c3c([2H])c(C)c([2H])c([2H])c23)c([2H])c1[2H]. The van der Waals surface area contributed by atoms with Gasteiger partial charge in [0.2, 0.25) is 0 Å². The maximum atomic E-state index is 9.80. The van der Waals surface area contributed by atoms with Crippen LogP contribution in [0.3, 0.4) is 0 Å². The third-order valence-corrected chi connectivity index (χ3v) is 15.3. The first-order valence-electron chi connectivity index (χ1n) is 55.1. The molecule has 0 amide bonds. The second-order valence-electron chi connectivity index (χ2n) is 20.8. The molecule has 0 aliphatic heterocycles. The summed E-state index contributed by atoms with van der Waals surface area (Å²) >= 11 is 0. The van der Waals surface area contributed by atoms with Gasteiger partial charge in [0.1, 0.15) is 22.3 Å². The van der Waals surface area contributed by atoms with Gasteiger partial charge < -0.3 is 8.83 Å². The summed E-state index contributed by atoms with van der Waals surface area (Å²) in [7, 11) is 0. The molecule has 2 aromatic heterocycles. The molecule has 19 rings (SSSR count). The van der Waals surface area contributed by atoms with Crippen LogP contribution < -0.4 is 0 Å². The topological polar surface area (TPSA) is 26.3 Å². The highest BCUT2D eigenvalue weighted by atomic mass is 16.3. The molecular weight excluding hydrogens is 1140 g/mol. The number of hydrogen-bond donors (Lipinski definition) is 0. The normalized spacial score (nSPS) is 19.8. The summed E-state index contributed by atoms with van der Waals surface area (Å²) in [6.07, 6.45) is 0. The zero-order valence-corrected chi connectivity index (χ0v) is 47.8. The number of rotatable bonds is 7. The molecule has 0 radical (unpaired) electrons. The molecule has 19 aromatic rings. The van der Waals surface area contributed by atoms with Gasteiger partial charge in [-0.05, 0) is 217 Å². The average molecular weight is 1250 g/mol. The summed E-state index contributed by atoms with van der Waals surface area (Å²) in [5.41, 5.74) is -12.5. The highest BCUT2D eigenvalue weighted by Gasteiger charge is 2.22. The van der Waals surface area contributed by atoms with E-state index in [0.717, 1.165) is 0 Å². The van der Waals surface area contributed by atoms with Crippen molar-refractivity contribution >= 4 is 109 Å². The fourth-order valence-electron chi connectivity index (χ4n) is 11.3. The molecule has 440 valence electrons. The lowest BCUT2D eigenvalue weighted by molar-refractivity contribution is 0.669. The highest BCUT2D eigenvalue weighted by molar-refractivity contribution is 6.24. The Bertz CT molecular complexity index is 9400. The fourth-order valence-corrected chi connectivity index (χ4v) is 11.3. The monoisotopic (exact) mass is 1250 g/mol. The minimum atomic E-state index is -0.958. The van der Waals surface area contributed by atoms with E-state index in [2.05, 4.69) is 0 Å². The average Bonchev–Trinajstić information content (AvgIpc) is 1.12. The Labute approximate surface area is 620 Å². The van der Waals surface area contributed by atoms with Gasteiger partial charge in [0.05, 0.1) is 74.0 Å². The molecule has 0 aliphatic rings. The summed E-state index contributed by atoms with van der Waals surface area (Å²) in [4.78, 5) is 0. The van der Waals surface area contributed by atoms with Crippen LogP contribution in [0.25, 0.3) is 186 Å². The molecule has 0 atom stereocenters. The van der Waals surface area contributed by atoms with E-state index in [9.17, 15) is 30.2 Å². The van der Waals surface area contributed by atoms with Gasteiger partial charge >= 0.3 is 0 Å². The molecule has 0 aliphatic carbocycles. The fraction of sp³-hybridized carbons (Fsp3) is 0.0217. The molecule has 0 fully saturated rings. The van der Waals surface area contributed by atoms with E-state index in [4.69, 9.17) is 52.7 Å². The van der Waals surface area contributed by atoms with Crippen molar-refractivity contribution in [2.75, 3.05) is 0 Å². The zero-order chi connectivity index (χ0) is 109. The van der Waals surface area contributed by atoms with Crippen LogP contribution in [0.4, 0.5) is 0 Å². The second-order valence-corrected chi connectivity index (χ2v) is 20.8. The Balaban J connectivity index is 0.000000194. The summed E-state index contributed by atoms with van der Waals surface area (Å²) in [6.45, 7) is 2.54. The molecule has 17 aromatic carbocycles. The van der Waals surface area contributed by atoms with Crippen LogP contribution in [0.2, 0.25) is 0 Å². The Morgan fingerprint density at radius 2 is 0.511 bits per heavy atom. The Morgan fingerprint density at radius 1 is 0.191 bits per heavy atom. The van der Waals surface area contributed by atoms with Gasteiger partial charge in [0.15, 0.2) is 0 Å². The first kappa shape index (κ1) is 22.9. The van der Waals surface area contributed by atoms with Gasteiger partial charge in [-0.15, -0.1) is 0 Å². The van der Waals surface area contributed by atoms with Gasteiger partial charge in [-0.1, -0.05) is 277 Å². The van der Waals surface area contributed by atoms with E-state index in [1.165, 1.54) is 13.8 Å². The lowest BCUT2D eigenvalue weighted by Crippen LogP contribution is -1.91. The van der Waals surface area contributed by atoms with Crippen LogP contribution in [0.5, 0.6) is 0 Å². The van der Waals surface area contributed by atoms with Crippen molar-refractivity contribution < 1.29 is 82.9 Å². The van der Waals surface area contributed by atoms with Crippen molar-refractivity contribution in [1.29, 1.82) is 0 Å². The Hall–Kier alpha value is -12.1. The predicted octanol–water partition coefficient (Wildman–Crippen LogP) is 26.4. The maximum absolute atomic E-state index is 9.80. The molecule has 0 bridgehead atoms. The third-order valence-electron chi connectivity index (χ3n) is 15.3. The van der Waals surface area contributed by atoms with E-state index in [1.807, 2.05) is 0 Å². The van der Waals surface area contributed by atoms with E-state index < -0.39 is 513 Å². The molecule has 2 nitrogen and oxygen atoms in total. The number of furan rings is 2. The van der Waals surface area contributed by atoms with Crippen molar-refractivity contribution in [1.82, 2.24) is 0 Å². The van der Waals surface area contributed by atoms with Crippen molar-refractivity contribution in [3.05, 3.63) is 337 Å². The van der Waals surface area contributed by atoms with Gasteiger partial charge in [-0.2, -0.15) is 0 Å². The molecule has 0 unspecified atom stereocenters. The predicted molar refractivity (Wildman–Crippen MR) is 400 cm³/mol. The molecule has 0 saturated carbocycles. The van der Waals surface area contributed by atoms with Gasteiger partial charge in [-0.25, -0.2) is 0 Å². The summed E-state index contributed by atoms with van der Waals surface area (Å²) in [6, 6.07) is -46.0. The van der Waals surface area contributed by atoms with Crippen molar-refractivity contribution in [2.24, 2.45) is 0 Å². The van der Waals surface area contributed by atoms with Crippen LogP contribution in [0.1, 0.15) is 85.1 Å². The largest absolute Gasteiger partial charge is 0.456 e. The van der Waals surface area contributed by atoms with Crippen LogP contribution in [0.15, 0.2) is 335 Å². The molecule has 0 spiro atoms. The van der Waals surface area contributed by atoms with Crippen LogP contribution >= 0.6 is 0 Å². The summed E-state index contributed by atoms with van der Waals surface area (Å²) in [5.74, 6) is 0. The van der Waals surface area contributed by atoms with Crippen molar-refractivity contribution in [2.45, 2.75) is 13.8 Å². The minimum Gasteiger partial charge on any atom is -0.456 e. The lowest BCUT2D eigenvalue weighted by atomic mass is 9.85. The van der Waals surface area contributed by atoms with Crippen LogP contribution in [-0.4, -0.2) is 0 Å². The Morgan fingerprint density at radius 3 is 1.00 bits per heavy atom. The summed E-state index contributed by atoms with van der Waals surface area (Å²) < 4.78 is 496. The molecule has 0 N–H and O–H groups in total. The minimum absolute atomic E-state index is 0.209. The first-order valence-corrected chi connectivity index (χ1v) is 28.1. The van der Waals surface area contributed by atoms with Gasteiger partial charge in [0.25, 0.3) is 0 Å². The van der Waals surface area contributed by atoms with E-state index in [-0.39, 0.29) is 11.1 Å². The van der Waals surface area contributed by atoms with Crippen molar-refractivity contribution in [3.8, 4) is 77.9 Å². The lowest BCUT2D eigenvalue weighted by Gasteiger charge is -2.18.